The number of hydrogen-bond acceptors (Lipinski definition) is 4. The smallest absolute Gasteiger partial charge is 0.166 e. The topological polar surface area (TPSA) is 56.1 Å². The third-order valence-corrected chi connectivity index (χ3v) is 3.38. The van der Waals surface area contributed by atoms with Crippen LogP contribution in [0.2, 0.25) is 0 Å². The van der Waals surface area contributed by atoms with Crippen molar-refractivity contribution in [2.24, 2.45) is 4.99 Å². The number of anilines is 1. The molecule has 4 nitrogen and oxygen atoms in total. The molecule has 0 fully saturated rings. The van der Waals surface area contributed by atoms with Gasteiger partial charge in [-0.05, 0) is 50.2 Å². The number of phenols is 2. The van der Waals surface area contributed by atoms with Crippen molar-refractivity contribution in [2.75, 3.05) is 18.0 Å². The molecule has 0 radical (unpaired) electrons. The van der Waals surface area contributed by atoms with E-state index in [4.69, 9.17) is 0 Å². The van der Waals surface area contributed by atoms with Crippen LogP contribution in [0.25, 0.3) is 0 Å². The molecule has 0 aliphatic carbocycles. The van der Waals surface area contributed by atoms with E-state index in [1.54, 1.807) is 18.3 Å². The predicted molar refractivity (Wildman–Crippen MR) is 87.0 cm³/mol. The number of benzene rings is 2. The van der Waals surface area contributed by atoms with Crippen LogP contribution in [-0.4, -0.2) is 29.5 Å². The van der Waals surface area contributed by atoms with E-state index >= 15 is 0 Å². The van der Waals surface area contributed by atoms with E-state index in [0.29, 0.717) is 5.56 Å². The second-order valence-corrected chi connectivity index (χ2v) is 4.66. The summed E-state index contributed by atoms with van der Waals surface area (Å²) in [6.07, 6.45) is 1.54. The van der Waals surface area contributed by atoms with Gasteiger partial charge < -0.3 is 15.1 Å². The number of phenolic OH excluding ortho intramolecular Hbond substituents is 2. The van der Waals surface area contributed by atoms with Crippen LogP contribution in [0.5, 0.6) is 11.5 Å². The van der Waals surface area contributed by atoms with Crippen LogP contribution in [0.1, 0.15) is 19.4 Å². The lowest BCUT2D eigenvalue weighted by atomic mass is 10.2. The van der Waals surface area contributed by atoms with Crippen molar-refractivity contribution in [2.45, 2.75) is 13.8 Å². The van der Waals surface area contributed by atoms with Gasteiger partial charge in [-0.2, -0.15) is 0 Å². The van der Waals surface area contributed by atoms with Crippen molar-refractivity contribution in [1.82, 2.24) is 0 Å². The first-order chi connectivity index (χ1) is 10.2. The van der Waals surface area contributed by atoms with E-state index < -0.39 is 0 Å². The van der Waals surface area contributed by atoms with Gasteiger partial charge in [0.05, 0.1) is 5.69 Å². The normalized spacial score (nSPS) is 11.0. The molecule has 2 aromatic carbocycles. The van der Waals surface area contributed by atoms with Gasteiger partial charge in [0.1, 0.15) is 0 Å². The third kappa shape index (κ3) is 3.54. The highest BCUT2D eigenvalue weighted by Crippen LogP contribution is 2.27. The van der Waals surface area contributed by atoms with Crippen LogP contribution in [0.4, 0.5) is 11.4 Å². The Hall–Kier alpha value is -2.49. The van der Waals surface area contributed by atoms with E-state index in [1.165, 1.54) is 11.8 Å². The minimum absolute atomic E-state index is 0.143. The molecule has 21 heavy (non-hydrogen) atoms. The quantitative estimate of drug-likeness (QED) is 0.650. The molecule has 0 spiro atoms. The molecule has 0 unspecified atom stereocenters. The second kappa shape index (κ2) is 6.79. The van der Waals surface area contributed by atoms with Crippen LogP contribution in [0.15, 0.2) is 47.5 Å². The Balaban J connectivity index is 2.16. The molecule has 0 amide bonds. The second-order valence-electron chi connectivity index (χ2n) is 4.66. The van der Waals surface area contributed by atoms with Gasteiger partial charge in [-0.25, -0.2) is 0 Å². The molecule has 2 aromatic rings. The number of rotatable bonds is 5. The zero-order valence-electron chi connectivity index (χ0n) is 12.3. The van der Waals surface area contributed by atoms with Crippen molar-refractivity contribution in [3.05, 3.63) is 48.0 Å². The van der Waals surface area contributed by atoms with Crippen molar-refractivity contribution in [3.8, 4) is 11.5 Å². The first-order valence-corrected chi connectivity index (χ1v) is 7.05. The highest BCUT2D eigenvalue weighted by Gasteiger charge is 2.03. The molecule has 0 heterocycles. The minimum atomic E-state index is -0.152. The third-order valence-electron chi connectivity index (χ3n) is 3.38. The molecular weight excluding hydrogens is 264 g/mol. The first kappa shape index (κ1) is 14.9. The number of para-hydroxylation sites is 1. The Kier molecular flexibility index (Phi) is 4.82. The molecule has 110 valence electrons. The largest absolute Gasteiger partial charge is 0.504 e. The Morgan fingerprint density at radius 3 is 2.29 bits per heavy atom. The van der Waals surface area contributed by atoms with Gasteiger partial charge in [-0.15, -0.1) is 0 Å². The average Bonchev–Trinajstić information content (AvgIpc) is 2.51. The predicted octanol–water partition coefficient (Wildman–Crippen LogP) is 3.69. The summed E-state index contributed by atoms with van der Waals surface area (Å²) in [4.78, 5) is 6.57. The fourth-order valence-corrected chi connectivity index (χ4v) is 2.14. The van der Waals surface area contributed by atoms with Crippen molar-refractivity contribution in [3.63, 3.8) is 0 Å². The van der Waals surface area contributed by atoms with Crippen LogP contribution in [0, 0.1) is 0 Å². The Morgan fingerprint density at radius 1 is 1.00 bits per heavy atom. The van der Waals surface area contributed by atoms with Gasteiger partial charge in [0.15, 0.2) is 11.5 Å². The molecule has 0 saturated heterocycles. The maximum atomic E-state index is 9.71. The van der Waals surface area contributed by atoms with E-state index in [2.05, 4.69) is 23.7 Å². The van der Waals surface area contributed by atoms with Crippen molar-refractivity contribution in [1.29, 1.82) is 0 Å². The molecule has 2 N–H and O–H groups in total. The molecular formula is C17H20N2O2. The Bertz CT molecular complexity index is 617. The van der Waals surface area contributed by atoms with Crippen LogP contribution in [-0.2, 0) is 0 Å². The molecule has 0 aliphatic heterocycles. The van der Waals surface area contributed by atoms with E-state index in [1.807, 2.05) is 24.3 Å². The summed E-state index contributed by atoms with van der Waals surface area (Å²) in [6, 6.07) is 12.7. The minimum Gasteiger partial charge on any atom is -0.504 e. The zero-order chi connectivity index (χ0) is 15.2. The monoisotopic (exact) mass is 284 g/mol. The summed E-state index contributed by atoms with van der Waals surface area (Å²) < 4.78 is 0. The maximum Gasteiger partial charge on any atom is 0.166 e. The number of aliphatic imine (C=N–C) groups is 1. The highest BCUT2D eigenvalue weighted by molar-refractivity contribution is 5.86. The Labute approximate surface area is 125 Å². The molecule has 0 saturated carbocycles. The summed E-state index contributed by atoms with van der Waals surface area (Å²) in [7, 11) is 0. The van der Waals surface area contributed by atoms with Crippen LogP contribution >= 0.6 is 0 Å². The van der Waals surface area contributed by atoms with Crippen molar-refractivity contribution >= 4 is 17.6 Å². The van der Waals surface area contributed by atoms with E-state index in [-0.39, 0.29) is 11.5 Å². The van der Waals surface area contributed by atoms with Gasteiger partial charge in [0.25, 0.3) is 0 Å². The summed E-state index contributed by atoms with van der Waals surface area (Å²) >= 11 is 0. The molecule has 2 rings (SSSR count). The fourth-order valence-electron chi connectivity index (χ4n) is 2.14. The maximum absolute atomic E-state index is 9.71. The lowest BCUT2D eigenvalue weighted by molar-refractivity contribution is 0.403. The number of nitrogens with zero attached hydrogens (tertiary/aromatic N) is 2. The lowest BCUT2D eigenvalue weighted by Crippen LogP contribution is -2.21. The van der Waals surface area contributed by atoms with Crippen molar-refractivity contribution < 1.29 is 10.2 Å². The molecule has 0 aliphatic rings. The summed E-state index contributed by atoms with van der Waals surface area (Å²) in [5.74, 6) is -0.295. The average molecular weight is 284 g/mol. The SMILES string of the molecule is CCN(CC)c1ccc(N=Cc2cccc(O)c2O)cc1. The molecule has 0 atom stereocenters. The fraction of sp³-hybridized carbons (Fsp3) is 0.235. The standard InChI is InChI=1S/C17H20N2O2/c1-3-19(4-2)15-10-8-14(9-11-15)18-12-13-6-5-7-16(20)17(13)21/h5-12,20-21H,3-4H2,1-2H3. The van der Waals surface area contributed by atoms with E-state index in [0.717, 1.165) is 18.8 Å². The molecule has 0 bridgehead atoms. The lowest BCUT2D eigenvalue weighted by Gasteiger charge is -2.20. The van der Waals surface area contributed by atoms with Gasteiger partial charge in [-0.3, -0.25) is 4.99 Å². The van der Waals surface area contributed by atoms with Crippen LogP contribution in [0.3, 0.4) is 0 Å². The molecule has 0 aromatic heterocycles. The van der Waals surface area contributed by atoms with Gasteiger partial charge in [0.2, 0.25) is 0 Å². The van der Waals surface area contributed by atoms with E-state index in [9.17, 15) is 10.2 Å². The van der Waals surface area contributed by atoms with Crippen LogP contribution < -0.4 is 4.90 Å². The highest BCUT2D eigenvalue weighted by atomic mass is 16.3. The summed E-state index contributed by atoms with van der Waals surface area (Å²) in [6.45, 7) is 6.19. The summed E-state index contributed by atoms with van der Waals surface area (Å²) in [5.41, 5.74) is 2.45. The van der Waals surface area contributed by atoms with Gasteiger partial charge in [0, 0.05) is 30.6 Å². The number of aromatic hydroxyl groups is 2. The summed E-state index contributed by atoms with van der Waals surface area (Å²) in [5, 5.41) is 19.1. The molecule has 4 heteroatoms. The zero-order valence-corrected chi connectivity index (χ0v) is 12.3. The van der Waals surface area contributed by atoms with Gasteiger partial charge >= 0.3 is 0 Å². The van der Waals surface area contributed by atoms with Gasteiger partial charge in [-0.1, -0.05) is 6.07 Å². The number of hydrogen-bond donors (Lipinski definition) is 2. The first-order valence-electron chi connectivity index (χ1n) is 7.05. The Morgan fingerprint density at radius 2 is 1.67 bits per heavy atom.